The van der Waals surface area contributed by atoms with E-state index in [-0.39, 0.29) is 5.82 Å². The number of alkyl halides is 3. The van der Waals surface area contributed by atoms with Gasteiger partial charge in [0, 0.05) is 19.3 Å². The van der Waals surface area contributed by atoms with Crippen molar-refractivity contribution in [1.82, 2.24) is 4.98 Å². The van der Waals surface area contributed by atoms with Crippen LogP contribution in [0.15, 0.2) is 18.3 Å². The maximum absolute atomic E-state index is 12.4. The fourth-order valence-electron chi connectivity index (χ4n) is 1.14. The van der Waals surface area contributed by atoms with Crippen LogP contribution < -0.4 is 11.1 Å². The molecular weight excluding hydrogens is 235 g/mol. The molecule has 17 heavy (non-hydrogen) atoms. The Balaban J connectivity index is 2.44. The van der Waals surface area contributed by atoms with Crippen LogP contribution in [0.5, 0.6) is 0 Å². The SMILES string of the molecule is NCCOCCNc1cc(C(F)(F)F)ccn1. The Morgan fingerprint density at radius 1 is 1.35 bits per heavy atom. The summed E-state index contributed by atoms with van der Waals surface area (Å²) in [5, 5.41) is 2.74. The fraction of sp³-hybridized carbons (Fsp3) is 0.500. The number of hydrogen-bond donors (Lipinski definition) is 2. The number of hydrogen-bond acceptors (Lipinski definition) is 4. The molecule has 0 bridgehead atoms. The van der Waals surface area contributed by atoms with E-state index >= 15 is 0 Å². The molecule has 4 nitrogen and oxygen atoms in total. The normalized spacial score (nSPS) is 11.5. The summed E-state index contributed by atoms with van der Waals surface area (Å²) in [5.74, 6) is 0.177. The summed E-state index contributed by atoms with van der Waals surface area (Å²) in [6, 6.07) is 1.89. The monoisotopic (exact) mass is 249 g/mol. The van der Waals surface area contributed by atoms with E-state index in [1.165, 1.54) is 0 Å². The van der Waals surface area contributed by atoms with Crippen LogP contribution in [-0.2, 0) is 10.9 Å². The predicted octanol–water partition coefficient (Wildman–Crippen LogP) is 1.49. The van der Waals surface area contributed by atoms with E-state index in [2.05, 4.69) is 10.3 Å². The Kier molecular flexibility index (Phi) is 5.17. The second-order valence-electron chi connectivity index (χ2n) is 3.26. The third-order valence-corrected chi connectivity index (χ3v) is 1.90. The number of nitrogens with two attached hydrogens (primary N) is 1. The molecule has 1 aromatic heterocycles. The molecule has 0 aliphatic carbocycles. The maximum Gasteiger partial charge on any atom is 0.416 e. The van der Waals surface area contributed by atoms with Gasteiger partial charge in [-0.1, -0.05) is 0 Å². The van der Waals surface area contributed by atoms with E-state index in [1.807, 2.05) is 0 Å². The van der Waals surface area contributed by atoms with Crippen molar-refractivity contribution in [2.45, 2.75) is 6.18 Å². The zero-order valence-corrected chi connectivity index (χ0v) is 9.13. The zero-order valence-electron chi connectivity index (χ0n) is 9.13. The van der Waals surface area contributed by atoms with E-state index in [1.54, 1.807) is 0 Å². The summed E-state index contributed by atoms with van der Waals surface area (Å²) >= 11 is 0. The quantitative estimate of drug-likeness (QED) is 0.750. The lowest BCUT2D eigenvalue weighted by Crippen LogP contribution is -2.15. The van der Waals surface area contributed by atoms with E-state index in [0.717, 1.165) is 18.3 Å². The molecule has 0 saturated carbocycles. The summed E-state index contributed by atoms with van der Waals surface area (Å²) in [6.07, 6.45) is -3.23. The lowest BCUT2D eigenvalue weighted by Gasteiger charge is -2.09. The summed E-state index contributed by atoms with van der Waals surface area (Å²) in [4.78, 5) is 3.78. The molecule has 0 amide bonds. The van der Waals surface area contributed by atoms with Crippen LogP contribution in [0.2, 0.25) is 0 Å². The van der Waals surface area contributed by atoms with Gasteiger partial charge in [-0.15, -0.1) is 0 Å². The highest BCUT2D eigenvalue weighted by Crippen LogP contribution is 2.29. The standard InChI is InChI=1S/C10H14F3N3O/c11-10(12,13)8-1-3-15-9(7-8)16-4-6-17-5-2-14/h1,3,7H,2,4-6,14H2,(H,15,16). The summed E-state index contributed by atoms with van der Waals surface area (Å²) in [6.45, 7) is 1.60. The van der Waals surface area contributed by atoms with Gasteiger partial charge in [0.25, 0.3) is 0 Å². The third-order valence-electron chi connectivity index (χ3n) is 1.90. The Labute approximate surface area is 97.0 Å². The lowest BCUT2D eigenvalue weighted by atomic mass is 10.2. The maximum atomic E-state index is 12.4. The molecule has 1 rings (SSSR count). The Morgan fingerprint density at radius 2 is 2.12 bits per heavy atom. The van der Waals surface area contributed by atoms with Gasteiger partial charge in [-0.05, 0) is 12.1 Å². The van der Waals surface area contributed by atoms with E-state index < -0.39 is 11.7 Å². The van der Waals surface area contributed by atoms with Gasteiger partial charge in [0.1, 0.15) is 5.82 Å². The smallest absolute Gasteiger partial charge is 0.378 e. The summed E-state index contributed by atoms with van der Waals surface area (Å²) in [5.41, 5.74) is 4.48. The highest BCUT2D eigenvalue weighted by molar-refractivity contribution is 5.38. The molecule has 7 heteroatoms. The molecule has 1 heterocycles. The van der Waals surface area contributed by atoms with E-state index in [0.29, 0.717) is 26.3 Å². The molecule has 0 aliphatic heterocycles. The van der Waals surface area contributed by atoms with Crippen LogP contribution in [0.25, 0.3) is 0 Å². The van der Waals surface area contributed by atoms with Gasteiger partial charge in [-0.2, -0.15) is 13.2 Å². The van der Waals surface area contributed by atoms with Crippen LogP contribution >= 0.6 is 0 Å². The van der Waals surface area contributed by atoms with Crippen molar-refractivity contribution in [2.75, 3.05) is 31.6 Å². The van der Waals surface area contributed by atoms with Crippen molar-refractivity contribution in [1.29, 1.82) is 0 Å². The van der Waals surface area contributed by atoms with Gasteiger partial charge >= 0.3 is 6.18 Å². The average Bonchev–Trinajstić information content (AvgIpc) is 2.28. The van der Waals surface area contributed by atoms with Crippen molar-refractivity contribution >= 4 is 5.82 Å². The first-order valence-corrected chi connectivity index (χ1v) is 5.09. The highest BCUT2D eigenvalue weighted by atomic mass is 19.4. The Bertz CT molecular complexity index is 344. The van der Waals surface area contributed by atoms with Crippen molar-refractivity contribution in [3.8, 4) is 0 Å². The van der Waals surface area contributed by atoms with Gasteiger partial charge in [0.05, 0.1) is 18.8 Å². The molecule has 0 atom stereocenters. The number of aromatic nitrogens is 1. The second-order valence-corrected chi connectivity index (χ2v) is 3.26. The molecule has 1 aromatic rings. The molecule has 0 radical (unpaired) electrons. The van der Waals surface area contributed by atoms with Crippen LogP contribution in [0.4, 0.5) is 19.0 Å². The summed E-state index contributed by atoms with van der Waals surface area (Å²) in [7, 11) is 0. The molecule has 3 N–H and O–H groups in total. The largest absolute Gasteiger partial charge is 0.416 e. The van der Waals surface area contributed by atoms with Crippen LogP contribution in [-0.4, -0.2) is 31.3 Å². The van der Waals surface area contributed by atoms with Crippen LogP contribution in [0.1, 0.15) is 5.56 Å². The minimum atomic E-state index is -4.35. The minimum Gasteiger partial charge on any atom is -0.378 e. The van der Waals surface area contributed by atoms with Crippen molar-refractivity contribution in [2.24, 2.45) is 5.73 Å². The first kappa shape index (κ1) is 13.7. The first-order valence-electron chi connectivity index (χ1n) is 5.09. The molecule has 0 aliphatic rings. The van der Waals surface area contributed by atoms with Gasteiger partial charge in [0.15, 0.2) is 0 Å². The van der Waals surface area contributed by atoms with E-state index in [9.17, 15) is 13.2 Å². The molecule has 0 unspecified atom stereocenters. The van der Waals surface area contributed by atoms with Crippen LogP contribution in [0.3, 0.4) is 0 Å². The highest BCUT2D eigenvalue weighted by Gasteiger charge is 2.30. The average molecular weight is 249 g/mol. The predicted molar refractivity (Wildman–Crippen MR) is 57.6 cm³/mol. The van der Waals surface area contributed by atoms with Crippen LogP contribution in [0, 0.1) is 0 Å². The van der Waals surface area contributed by atoms with E-state index in [4.69, 9.17) is 10.5 Å². The number of nitrogens with zero attached hydrogens (tertiary/aromatic N) is 1. The van der Waals surface area contributed by atoms with Crippen molar-refractivity contribution in [3.63, 3.8) is 0 Å². The van der Waals surface area contributed by atoms with Crippen molar-refractivity contribution in [3.05, 3.63) is 23.9 Å². The topological polar surface area (TPSA) is 60.2 Å². The number of rotatable bonds is 6. The molecule has 96 valence electrons. The summed E-state index contributed by atoms with van der Waals surface area (Å²) < 4.78 is 42.2. The number of anilines is 1. The first-order chi connectivity index (χ1) is 8.04. The van der Waals surface area contributed by atoms with Gasteiger partial charge in [-0.3, -0.25) is 0 Å². The molecular formula is C10H14F3N3O. The number of halogens is 3. The Hall–Kier alpha value is -1.34. The van der Waals surface area contributed by atoms with Gasteiger partial charge in [-0.25, -0.2) is 4.98 Å². The minimum absolute atomic E-state index is 0.177. The molecule has 0 saturated heterocycles. The number of nitrogens with one attached hydrogen (secondary N) is 1. The number of pyridine rings is 1. The van der Waals surface area contributed by atoms with Gasteiger partial charge in [0.2, 0.25) is 0 Å². The van der Waals surface area contributed by atoms with Crippen molar-refractivity contribution < 1.29 is 17.9 Å². The molecule has 0 aromatic carbocycles. The van der Waals surface area contributed by atoms with Gasteiger partial charge < -0.3 is 15.8 Å². The number of ether oxygens (including phenoxy) is 1. The fourth-order valence-corrected chi connectivity index (χ4v) is 1.14. The molecule has 0 spiro atoms. The Morgan fingerprint density at radius 3 is 2.76 bits per heavy atom. The second kappa shape index (κ2) is 6.41. The zero-order chi connectivity index (χ0) is 12.7. The molecule has 0 fully saturated rings. The lowest BCUT2D eigenvalue weighted by molar-refractivity contribution is -0.137. The third kappa shape index (κ3) is 5.01.